The fourth-order valence-electron chi connectivity index (χ4n) is 2.70. The summed E-state index contributed by atoms with van der Waals surface area (Å²) in [5.74, 6) is 0.0227. The number of hydrogen-bond acceptors (Lipinski definition) is 5. The van der Waals surface area contributed by atoms with Gasteiger partial charge in [0, 0.05) is 38.1 Å². The van der Waals surface area contributed by atoms with Gasteiger partial charge in [-0.15, -0.1) is 0 Å². The summed E-state index contributed by atoms with van der Waals surface area (Å²) in [6, 6.07) is 9.55. The standard InChI is InChI=1S/C16H22N4O3S/c21-24(22,20-7-9-23-10-8-20)13-15-4-2-1-3-14(15)11-17-12-16-5-6-18-19-16/h1-6,17H,7-13H2,(H,18,19). The fourth-order valence-corrected chi connectivity index (χ4v) is 4.26. The molecule has 1 fully saturated rings. The predicted molar refractivity (Wildman–Crippen MR) is 90.6 cm³/mol. The SMILES string of the molecule is O=S(=O)(Cc1ccccc1CNCc1ccn[nH]1)N1CCOCC1. The third-order valence-electron chi connectivity index (χ3n) is 4.01. The van der Waals surface area contributed by atoms with Crippen LogP contribution in [-0.2, 0) is 33.6 Å². The first-order valence-electron chi connectivity index (χ1n) is 7.96. The van der Waals surface area contributed by atoms with Crippen molar-refractivity contribution >= 4 is 10.0 Å². The van der Waals surface area contributed by atoms with E-state index in [4.69, 9.17) is 4.74 Å². The van der Waals surface area contributed by atoms with Crippen LogP contribution in [-0.4, -0.2) is 49.2 Å². The molecule has 0 aliphatic carbocycles. The molecule has 0 bridgehead atoms. The Morgan fingerprint density at radius 2 is 1.88 bits per heavy atom. The van der Waals surface area contributed by atoms with E-state index in [0.29, 0.717) is 39.4 Å². The number of H-pyrrole nitrogens is 1. The number of sulfonamides is 1. The van der Waals surface area contributed by atoms with Crippen molar-refractivity contribution in [2.75, 3.05) is 26.3 Å². The van der Waals surface area contributed by atoms with E-state index in [9.17, 15) is 8.42 Å². The zero-order valence-corrected chi connectivity index (χ0v) is 14.3. The normalized spacial score (nSPS) is 16.3. The van der Waals surface area contributed by atoms with Crippen LogP contribution in [0, 0.1) is 0 Å². The lowest BCUT2D eigenvalue weighted by molar-refractivity contribution is 0.0729. The van der Waals surface area contributed by atoms with Crippen LogP contribution in [0.5, 0.6) is 0 Å². The molecule has 1 aliphatic rings. The van der Waals surface area contributed by atoms with Gasteiger partial charge in [-0.25, -0.2) is 8.42 Å². The third-order valence-corrected chi connectivity index (χ3v) is 5.84. The molecule has 7 nitrogen and oxygen atoms in total. The number of nitrogens with one attached hydrogen (secondary N) is 2. The van der Waals surface area contributed by atoms with E-state index < -0.39 is 10.0 Å². The predicted octanol–water partition coefficient (Wildman–Crippen LogP) is 0.861. The quantitative estimate of drug-likeness (QED) is 0.773. The summed E-state index contributed by atoms with van der Waals surface area (Å²) in [5.41, 5.74) is 2.82. The minimum absolute atomic E-state index is 0.0227. The molecular weight excluding hydrogens is 328 g/mol. The molecule has 0 unspecified atom stereocenters. The van der Waals surface area contributed by atoms with Crippen molar-refractivity contribution in [1.82, 2.24) is 19.8 Å². The van der Waals surface area contributed by atoms with Gasteiger partial charge in [-0.1, -0.05) is 24.3 Å². The summed E-state index contributed by atoms with van der Waals surface area (Å²) < 4.78 is 32.0. The first-order chi connectivity index (χ1) is 11.6. The number of aromatic nitrogens is 2. The summed E-state index contributed by atoms with van der Waals surface area (Å²) in [6.45, 7) is 3.06. The molecule has 0 atom stereocenters. The molecule has 2 aromatic rings. The van der Waals surface area contributed by atoms with Gasteiger partial charge in [0.2, 0.25) is 10.0 Å². The lowest BCUT2D eigenvalue weighted by Crippen LogP contribution is -2.41. The Labute approximate surface area is 142 Å². The summed E-state index contributed by atoms with van der Waals surface area (Å²) in [6.07, 6.45) is 1.71. The molecule has 1 aromatic carbocycles. The summed E-state index contributed by atoms with van der Waals surface area (Å²) in [5, 5.41) is 10.1. The Hall–Kier alpha value is -1.74. The first-order valence-corrected chi connectivity index (χ1v) is 9.57. The molecule has 1 aliphatic heterocycles. The number of hydrogen-bond donors (Lipinski definition) is 2. The third kappa shape index (κ3) is 4.41. The molecular formula is C16H22N4O3S. The maximum absolute atomic E-state index is 12.6. The van der Waals surface area contributed by atoms with E-state index in [1.165, 1.54) is 4.31 Å². The average Bonchev–Trinajstić information content (AvgIpc) is 3.10. The van der Waals surface area contributed by atoms with Crippen LogP contribution >= 0.6 is 0 Å². The number of aromatic amines is 1. The van der Waals surface area contributed by atoms with E-state index in [-0.39, 0.29) is 5.75 Å². The van der Waals surface area contributed by atoms with Crippen LogP contribution in [0.2, 0.25) is 0 Å². The van der Waals surface area contributed by atoms with Crippen LogP contribution < -0.4 is 5.32 Å². The molecule has 130 valence electrons. The molecule has 1 aromatic heterocycles. The van der Waals surface area contributed by atoms with Gasteiger partial charge in [0.15, 0.2) is 0 Å². The molecule has 2 heterocycles. The maximum atomic E-state index is 12.6. The van der Waals surface area contributed by atoms with Crippen LogP contribution in [0.15, 0.2) is 36.5 Å². The van der Waals surface area contributed by atoms with Crippen LogP contribution in [0.4, 0.5) is 0 Å². The average molecular weight is 350 g/mol. The number of rotatable bonds is 7. The van der Waals surface area contributed by atoms with Gasteiger partial charge >= 0.3 is 0 Å². The smallest absolute Gasteiger partial charge is 0.218 e. The lowest BCUT2D eigenvalue weighted by atomic mass is 10.1. The molecule has 0 amide bonds. The monoisotopic (exact) mass is 350 g/mol. The van der Waals surface area contributed by atoms with Crippen LogP contribution in [0.1, 0.15) is 16.8 Å². The molecule has 1 saturated heterocycles. The van der Waals surface area contributed by atoms with Gasteiger partial charge in [-0.05, 0) is 17.2 Å². The van der Waals surface area contributed by atoms with Gasteiger partial charge in [-0.2, -0.15) is 9.40 Å². The molecule has 2 N–H and O–H groups in total. The second kappa shape index (κ2) is 7.89. The lowest BCUT2D eigenvalue weighted by Gasteiger charge is -2.26. The van der Waals surface area contributed by atoms with Crippen molar-refractivity contribution < 1.29 is 13.2 Å². The van der Waals surface area contributed by atoms with Crippen molar-refractivity contribution in [1.29, 1.82) is 0 Å². The largest absolute Gasteiger partial charge is 0.379 e. The highest BCUT2D eigenvalue weighted by Gasteiger charge is 2.25. The second-order valence-corrected chi connectivity index (χ2v) is 7.69. The van der Waals surface area contributed by atoms with Gasteiger partial charge in [-0.3, -0.25) is 5.10 Å². The maximum Gasteiger partial charge on any atom is 0.218 e. The minimum atomic E-state index is -3.32. The Morgan fingerprint density at radius 1 is 1.12 bits per heavy atom. The highest BCUT2D eigenvalue weighted by Crippen LogP contribution is 2.16. The Bertz CT molecular complexity index is 740. The Morgan fingerprint density at radius 3 is 2.58 bits per heavy atom. The van der Waals surface area contributed by atoms with Crippen molar-refractivity contribution in [3.63, 3.8) is 0 Å². The minimum Gasteiger partial charge on any atom is -0.379 e. The molecule has 0 radical (unpaired) electrons. The zero-order valence-electron chi connectivity index (χ0n) is 13.4. The van der Waals surface area contributed by atoms with E-state index in [0.717, 1.165) is 16.8 Å². The van der Waals surface area contributed by atoms with Crippen molar-refractivity contribution in [3.8, 4) is 0 Å². The topological polar surface area (TPSA) is 87.3 Å². The Kier molecular flexibility index (Phi) is 5.62. The van der Waals surface area contributed by atoms with Crippen molar-refractivity contribution in [2.45, 2.75) is 18.8 Å². The summed E-state index contributed by atoms with van der Waals surface area (Å²) in [7, 11) is -3.32. The highest BCUT2D eigenvalue weighted by molar-refractivity contribution is 7.88. The van der Waals surface area contributed by atoms with E-state index in [1.54, 1.807) is 6.20 Å². The summed E-state index contributed by atoms with van der Waals surface area (Å²) in [4.78, 5) is 0. The van der Waals surface area contributed by atoms with Gasteiger partial charge in [0.25, 0.3) is 0 Å². The molecule has 0 saturated carbocycles. The zero-order chi connectivity index (χ0) is 16.8. The number of nitrogens with zero attached hydrogens (tertiary/aromatic N) is 2. The van der Waals surface area contributed by atoms with Gasteiger partial charge in [0.05, 0.1) is 19.0 Å². The fraction of sp³-hybridized carbons (Fsp3) is 0.438. The summed E-state index contributed by atoms with van der Waals surface area (Å²) >= 11 is 0. The van der Waals surface area contributed by atoms with Gasteiger partial charge in [0.1, 0.15) is 0 Å². The van der Waals surface area contributed by atoms with Crippen molar-refractivity contribution in [2.24, 2.45) is 0 Å². The number of morpholine rings is 1. The van der Waals surface area contributed by atoms with Crippen LogP contribution in [0.25, 0.3) is 0 Å². The molecule has 8 heteroatoms. The highest BCUT2D eigenvalue weighted by atomic mass is 32.2. The van der Waals surface area contributed by atoms with E-state index >= 15 is 0 Å². The second-order valence-electron chi connectivity index (χ2n) is 5.72. The number of ether oxygens (including phenoxy) is 1. The first kappa shape index (κ1) is 17.1. The number of benzene rings is 1. The van der Waals surface area contributed by atoms with E-state index in [2.05, 4.69) is 15.5 Å². The molecule has 24 heavy (non-hydrogen) atoms. The molecule has 3 rings (SSSR count). The van der Waals surface area contributed by atoms with Crippen molar-refractivity contribution in [3.05, 3.63) is 53.3 Å². The van der Waals surface area contributed by atoms with Crippen LogP contribution in [0.3, 0.4) is 0 Å². The Balaban J connectivity index is 1.64. The molecule has 0 spiro atoms. The van der Waals surface area contributed by atoms with Gasteiger partial charge < -0.3 is 10.1 Å². The van der Waals surface area contributed by atoms with E-state index in [1.807, 2.05) is 30.3 Å².